The zero-order chi connectivity index (χ0) is 16.2. The van der Waals surface area contributed by atoms with Gasteiger partial charge in [-0.15, -0.1) is 0 Å². The molecule has 1 aliphatic heterocycles. The van der Waals surface area contributed by atoms with Gasteiger partial charge >= 0.3 is 0 Å². The number of hydrogen-bond acceptors (Lipinski definition) is 4. The number of ether oxygens (including phenoxy) is 1. The van der Waals surface area contributed by atoms with E-state index in [4.69, 9.17) is 10.5 Å². The molecule has 3 rings (SSSR count). The summed E-state index contributed by atoms with van der Waals surface area (Å²) >= 11 is 0. The van der Waals surface area contributed by atoms with Crippen LogP contribution in [0.4, 0.5) is 17.1 Å². The van der Waals surface area contributed by atoms with Crippen LogP contribution in [0.3, 0.4) is 0 Å². The Morgan fingerprint density at radius 2 is 1.83 bits per heavy atom. The molecule has 0 atom stereocenters. The van der Waals surface area contributed by atoms with Gasteiger partial charge in [-0.25, -0.2) is 0 Å². The molecule has 2 aromatic carbocycles. The monoisotopic (exact) mass is 311 g/mol. The highest BCUT2D eigenvalue weighted by Crippen LogP contribution is 2.29. The van der Waals surface area contributed by atoms with Crippen molar-refractivity contribution < 1.29 is 9.53 Å². The number of nitrogen functional groups attached to an aromatic ring is 1. The molecule has 0 bridgehead atoms. The first-order valence-electron chi connectivity index (χ1n) is 7.77. The van der Waals surface area contributed by atoms with E-state index in [0.717, 1.165) is 24.5 Å². The van der Waals surface area contributed by atoms with Crippen LogP contribution in [0.2, 0.25) is 0 Å². The molecule has 1 fully saturated rings. The van der Waals surface area contributed by atoms with Crippen LogP contribution in [-0.4, -0.2) is 26.1 Å². The summed E-state index contributed by atoms with van der Waals surface area (Å²) in [5.74, 6) is 0.557. The molecule has 2 aromatic rings. The summed E-state index contributed by atoms with van der Waals surface area (Å²) in [5, 5.41) is 2.88. The van der Waals surface area contributed by atoms with Crippen LogP contribution in [0.25, 0.3) is 0 Å². The Labute approximate surface area is 136 Å². The van der Waals surface area contributed by atoms with Crippen molar-refractivity contribution in [2.45, 2.75) is 12.8 Å². The van der Waals surface area contributed by atoms with Gasteiger partial charge in [0.15, 0.2) is 0 Å². The van der Waals surface area contributed by atoms with Gasteiger partial charge in [-0.2, -0.15) is 0 Å². The molecular weight excluding hydrogens is 290 g/mol. The molecule has 0 unspecified atom stereocenters. The normalized spacial score (nSPS) is 13.9. The van der Waals surface area contributed by atoms with Gasteiger partial charge in [-0.05, 0) is 55.3 Å². The lowest BCUT2D eigenvalue weighted by atomic mass is 10.2. The minimum absolute atomic E-state index is 0.166. The minimum atomic E-state index is -0.166. The fraction of sp³-hybridized carbons (Fsp3) is 0.278. The van der Waals surface area contributed by atoms with Crippen LogP contribution in [0.5, 0.6) is 5.75 Å². The maximum Gasteiger partial charge on any atom is 0.255 e. The second kappa shape index (κ2) is 6.60. The first-order chi connectivity index (χ1) is 11.2. The number of amides is 1. The molecule has 120 valence electrons. The van der Waals surface area contributed by atoms with Gasteiger partial charge in [0.2, 0.25) is 0 Å². The molecule has 1 saturated heterocycles. The smallest absolute Gasteiger partial charge is 0.255 e. The third kappa shape index (κ3) is 3.39. The highest BCUT2D eigenvalue weighted by atomic mass is 16.5. The third-order valence-electron chi connectivity index (χ3n) is 4.08. The number of nitrogens with one attached hydrogen (secondary N) is 1. The third-order valence-corrected chi connectivity index (χ3v) is 4.08. The minimum Gasteiger partial charge on any atom is -0.497 e. The first kappa shape index (κ1) is 15.2. The summed E-state index contributed by atoms with van der Waals surface area (Å²) in [6, 6.07) is 12.7. The molecule has 0 saturated carbocycles. The number of hydrogen-bond donors (Lipinski definition) is 2. The molecule has 0 spiro atoms. The molecule has 1 heterocycles. The Balaban J connectivity index is 1.71. The summed E-state index contributed by atoms with van der Waals surface area (Å²) in [5.41, 5.74) is 9.16. The van der Waals surface area contributed by atoms with E-state index in [1.807, 2.05) is 18.2 Å². The number of methoxy groups -OCH3 is 1. The Bertz CT molecular complexity index is 692. The number of benzene rings is 2. The van der Waals surface area contributed by atoms with Gasteiger partial charge in [-0.1, -0.05) is 0 Å². The fourth-order valence-corrected chi connectivity index (χ4v) is 2.82. The first-order valence-corrected chi connectivity index (χ1v) is 7.77. The number of rotatable bonds is 4. The highest BCUT2D eigenvalue weighted by molar-refractivity contribution is 6.04. The van der Waals surface area contributed by atoms with Gasteiger partial charge in [0, 0.05) is 24.3 Å². The second-order valence-electron chi connectivity index (χ2n) is 5.65. The van der Waals surface area contributed by atoms with E-state index in [-0.39, 0.29) is 5.91 Å². The number of carbonyl (C=O) groups excluding carboxylic acids is 1. The molecule has 0 radical (unpaired) electrons. The zero-order valence-corrected chi connectivity index (χ0v) is 13.2. The Morgan fingerprint density at radius 1 is 1.13 bits per heavy atom. The number of nitrogens with zero attached hydrogens (tertiary/aromatic N) is 1. The van der Waals surface area contributed by atoms with Crippen molar-refractivity contribution in [1.82, 2.24) is 0 Å². The summed E-state index contributed by atoms with van der Waals surface area (Å²) in [4.78, 5) is 14.5. The molecular formula is C18H21N3O2. The number of carbonyl (C=O) groups is 1. The summed E-state index contributed by atoms with van der Waals surface area (Å²) in [6.07, 6.45) is 2.41. The van der Waals surface area contributed by atoms with E-state index < -0.39 is 0 Å². The van der Waals surface area contributed by atoms with Gasteiger partial charge in [0.25, 0.3) is 5.91 Å². The van der Waals surface area contributed by atoms with E-state index in [1.54, 1.807) is 31.4 Å². The molecule has 0 aliphatic carbocycles. The van der Waals surface area contributed by atoms with E-state index in [1.165, 1.54) is 12.8 Å². The predicted molar refractivity (Wildman–Crippen MR) is 93.2 cm³/mol. The van der Waals surface area contributed by atoms with Crippen molar-refractivity contribution in [1.29, 1.82) is 0 Å². The summed E-state index contributed by atoms with van der Waals surface area (Å²) < 4.78 is 5.09. The quantitative estimate of drug-likeness (QED) is 0.851. The van der Waals surface area contributed by atoms with Crippen molar-refractivity contribution in [3.05, 3.63) is 48.0 Å². The van der Waals surface area contributed by atoms with Crippen LogP contribution in [-0.2, 0) is 0 Å². The van der Waals surface area contributed by atoms with Crippen LogP contribution in [0, 0.1) is 0 Å². The van der Waals surface area contributed by atoms with Crippen molar-refractivity contribution in [2.75, 3.05) is 36.1 Å². The van der Waals surface area contributed by atoms with Crippen LogP contribution in [0.1, 0.15) is 23.2 Å². The molecule has 23 heavy (non-hydrogen) atoms. The van der Waals surface area contributed by atoms with Crippen LogP contribution in [0.15, 0.2) is 42.5 Å². The Kier molecular flexibility index (Phi) is 4.37. The standard InChI is InChI=1S/C18H21N3O2/c1-23-15-7-4-13(5-8-15)18(22)20-14-6-9-17(16(19)12-14)21-10-2-3-11-21/h4-9,12H,2-3,10-11,19H2,1H3,(H,20,22). The lowest BCUT2D eigenvalue weighted by molar-refractivity contribution is 0.102. The van der Waals surface area contributed by atoms with Crippen molar-refractivity contribution in [2.24, 2.45) is 0 Å². The molecule has 3 N–H and O–H groups in total. The van der Waals surface area contributed by atoms with Crippen molar-refractivity contribution >= 4 is 23.0 Å². The van der Waals surface area contributed by atoms with Crippen LogP contribution >= 0.6 is 0 Å². The Hall–Kier alpha value is -2.69. The largest absolute Gasteiger partial charge is 0.497 e. The van der Waals surface area contributed by atoms with E-state index in [0.29, 0.717) is 16.9 Å². The van der Waals surface area contributed by atoms with Gasteiger partial charge in [0.1, 0.15) is 5.75 Å². The van der Waals surface area contributed by atoms with Gasteiger partial charge < -0.3 is 20.7 Å². The average Bonchev–Trinajstić information content (AvgIpc) is 3.09. The lowest BCUT2D eigenvalue weighted by Crippen LogP contribution is -2.19. The molecule has 1 amide bonds. The van der Waals surface area contributed by atoms with E-state index >= 15 is 0 Å². The SMILES string of the molecule is COc1ccc(C(=O)Nc2ccc(N3CCCC3)c(N)c2)cc1. The fourth-order valence-electron chi connectivity index (χ4n) is 2.82. The van der Waals surface area contributed by atoms with Crippen molar-refractivity contribution in [3.8, 4) is 5.75 Å². The highest BCUT2D eigenvalue weighted by Gasteiger charge is 2.15. The second-order valence-corrected chi connectivity index (χ2v) is 5.65. The van der Waals surface area contributed by atoms with Gasteiger partial charge in [-0.3, -0.25) is 4.79 Å². The maximum atomic E-state index is 12.3. The van der Waals surface area contributed by atoms with E-state index in [2.05, 4.69) is 10.2 Å². The van der Waals surface area contributed by atoms with E-state index in [9.17, 15) is 4.79 Å². The zero-order valence-electron chi connectivity index (χ0n) is 13.2. The lowest BCUT2D eigenvalue weighted by Gasteiger charge is -2.20. The Morgan fingerprint density at radius 3 is 2.43 bits per heavy atom. The maximum absolute atomic E-state index is 12.3. The summed E-state index contributed by atoms with van der Waals surface area (Å²) in [7, 11) is 1.60. The molecule has 5 nitrogen and oxygen atoms in total. The van der Waals surface area contributed by atoms with Gasteiger partial charge in [0.05, 0.1) is 18.5 Å². The number of anilines is 3. The van der Waals surface area contributed by atoms with Crippen LogP contribution < -0.4 is 20.7 Å². The summed E-state index contributed by atoms with van der Waals surface area (Å²) in [6.45, 7) is 2.09. The predicted octanol–water partition coefficient (Wildman–Crippen LogP) is 3.13. The average molecular weight is 311 g/mol. The van der Waals surface area contributed by atoms with Crippen molar-refractivity contribution in [3.63, 3.8) is 0 Å². The molecule has 5 heteroatoms. The number of nitrogens with two attached hydrogens (primary N) is 1. The molecule has 0 aromatic heterocycles. The molecule has 1 aliphatic rings. The topological polar surface area (TPSA) is 67.6 Å².